The van der Waals surface area contributed by atoms with Gasteiger partial charge in [0.2, 0.25) is 0 Å². The predicted octanol–water partition coefficient (Wildman–Crippen LogP) is 3.24. The van der Waals surface area contributed by atoms with Crippen molar-refractivity contribution in [3.63, 3.8) is 0 Å². The first-order valence-electron chi connectivity index (χ1n) is 8.86. The fourth-order valence-electron chi connectivity index (χ4n) is 3.37. The van der Waals surface area contributed by atoms with Crippen LogP contribution in [0.3, 0.4) is 0 Å². The summed E-state index contributed by atoms with van der Waals surface area (Å²) in [7, 11) is 1.72. The number of urea groups is 1. The molecule has 3 unspecified atom stereocenters. The Hall–Kier alpha value is -2.15. The monoisotopic (exact) mass is 349 g/mol. The van der Waals surface area contributed by atoms with E-state index in [0.29, 0.717) is 13.0 Å². The van der Waals surface area contributed by atoms with Crippen LogP contribution in [-0.2, 0) is 0 Å². The van der Waals surface area contributed by atoms with Gasteiger partial charge in [0.15, 0.2) is 0 Å². The highest BCUT2D eigenvalue weighted by Crippen LogP contribution is 2.25. The molecule has 7 nitrogen and oxygen atoms in total. The van der Waals surface area contributed by atoms with Gasteiger partial charge in [-0.2, -0.15) is 0 Å². The third kappa shape index (κ3) is 5.16. The van der Waals surface area contributed by atoms with E-state index in [1.807, 2.05) is 6.92 Å². The second-order valence-corrected chi connectivity index (χ2v) is 6.75. The summed E-state index contributed by atoms with van der Waals surface area (Å²) >= 11 is 0. The van der Waals surface area contributed by atoms with Gasteiger partial charge in [0.1, 0.15) is 0 Å². The van der Waals surface area contributed by atoms with Crippen molar-refractivity contribution in [1.29, 1.82) is 0 Å². The molecule has 2 N–H and O–H groups in total. The summed E-state index contributed by atoms with van der Waals surface area (Å²) in [5.41, 5.74) is 0.736. The average molecular weight is 349 g/mol. The highest BCUT2D eigenvalue weighted by Gasteiger charge is 2.26. The summed E-state index contributed by atoms with van der Waals surface area (Å²) in [6.07, 6.45) is 4.14. The van der Waals surface area contributed by atoms with E-state index < -0.39 is 4.92 Å². The van der Waals surface area contributed by atoms with Gasteiger partial charge in [0, 0.05) is 31.6 Å². The molecule has 7 heteroatoms. The van der Waals surface area contributed by atoms with Crippen LogP contribution in [-0.4, -0.2) is 40.7 Å². The summed E-state index contributed by atoms with van der Waals surface area (Å²) < 4.78 is 0. The molecule has 1 aliphatic rings. The first-order valence-corrected chi connectivity index (χ1v) is 8.86. The van der Waals surface area contributed by atoms with Crippen LogP contribution in [0.5, 0.6) is 0 Å². The van der Waals surface area contributed by atoms with Gasteiger partial charge in [0.25, 0.3) is 5.69 Å². The number of aliphatic hydroxyl groups is 1. The molecule has 1 aliphatic carbocycles. The van der Waals surface area contributed by atoms with Crippen molar-refractivity contribution in [3.05, 3.63) is 39.9 Å². The Bertz CT molecular complexity index is 608. The lowest BCUT2D eigenvalue weighted by Crippen LogP contribution is -2.44. The van der Waals surface area contributed by atoms with Gasteiger partial charge in [-0.05, 0) is 24.8 Å². The van der Waals surface area contributed by atoms with E-state index in [0.717, 1.165) is 31.2 Å². The SMILES string of the molecule is CCC(NC(=O)N(C)CC1CCCCC1O)c1cccc([N+](=O)[O-])c1. The summed E-state index contributed by atoms with van der Waals surface area (Å²) in [4.78, 5) is 24.6. The molecular weight excluding hydrogens is 322 g/mol. The lowest BCUT2D eigenvalue weighted by Gasteiger charge is -2.32. The van der Waals surface area contributed by atoms with Crippen LogP contribution in [0.2, 0.25) is 0 Å². The Labute approximate surface area is 148 Å². The van der Waals surface area contributed by atoms with E-state index in [1.165, 1.54) is 12.1 Å². The number of nitro benzene ring substituents is 1. The highest BCUT2D eigenvalue weighted by atomic mass is 16.6. The standard InChI is InChI=1S/C18H27N3O4/c1-3-16(13-8-6-9-15(11-13)21(24)25)19-18(23)20(2)12-14-7-4-5-10-17(14)22/h6,8-9,11,14,16-17,22H,3-5,7,10,12H2,1-2H3,(H,19,23). The normalized spacial score (nSPS) is 21.4. The number of nitrogens with one attached hydrogen (secondary N) is 1. The maximum Gasteiger partial charge on any atom is 0.317 e. The van der Waals surface area contributed by atoms with Crippen molar-refractivity contribution in [2.45, 2.75) is 51.2 Å². The molecule has 2 rings (SSSR count). The van der Waals surface area contributed by atoms with Crippen LogP contribution in [0.4, 0.5) is 10.5 Å². The number of non-ortho nitro benzene ring substituents is 1. The Morgan fingerprint density at radius 1 is 1.44 bits per heavy atom. The van der Waals surface area contributed by atoms with Gasteiger partial charge in [-0.25, -0.2) is 4.79 Å². The molecule has 1 fully saturated rings. The maximum atomic E-state index is 12.5. The summed E-state index contributed by atoms with van der Waals surface area (Å²) in [5, 5.41) is 23.9. The molecule has 0 aliphatic heterocycles. The maximum absolute atomic E-state index is 12.5. The van der Waals surface area contributed by atoms with Crippen molar-refractivity contribution in [3.8, 4) is 0 Å². The zero-order chi connectivity index (χ0) is 18.4. The van der Waals surface area contributed by atoms with Gasteiger partial charge in [0.05, 0.1) is 17.1 Å². The van der Waals surface area contributed by atoms with Crippen molar-refractivity contribution in [2.24, 2.45) is 5.92 Å². The van der Waals surface area contributed by atoms with Crippen molar-refractivity contribution in [2.75, 3.05) is 13.6 Å². The Morgan fingerprint density at radius 3 is 2.80 bits per heavy atom. The predicted molar refractivity (Wildman–Crippen MR) is 95.3 cm³/mol. The molecule has 0 saturated heterocycles. The van der Waals surface area contributed by atoms with Gasteiger partial charge in [-0.1, -0.05) is 31.9 Å². The van der Waals surface area contributed by atoms with Crippen LogP contribution in [0.15, 0.2) is 24.3 Å². The number of nitro groups is 1. The van der Waals surface area contributed by atoms with Crippen molar-refractivity contribution in [1.82, 2.24) is 10.2 Å². The number of hydrogen-bond acceptors (Lipinski definition) is 4. The van der Waals surface area contributed by atoms with Crippen molar-refractivity contribution >= 4 is 11.7 Å². The lowest BCUT2D eigenvalue weighted by molar-refractivity contribution is -0.384. The van der Waals surface area contributed by atoms with E-state index in [-0.39, 0.29) is 29.8 Å². The number of carbonyl (C=O) groups is 1. The van der Waals surface area contributed by atoms with E-state index in [4.69, 9.17) is 0 Å². The van der Waals surface area contributed by atoms with E-state index in [9.17, 15) is 20.0 Å². The Kier molecular flexibility index (Phi) is 6.75. The molecule has 0 spiro atoms. The Morgan fingerprint density at radius 2 is 2.16 bits per heavy atom. The number of benzene rings is 1. The summed E-state index contributed by atoms with van der Waals surface area (Å²) in [5.74, 6) is 0.113. The highest BCUT2D eigenvalue weighted by molar-refractivity contribution is 5.74. The molecule has 0 heterocycles. The third-order valence-corrected chi connectivity index (χ3v) is 4.91. The second-order valence-electron chi connectivity index (χ2n) is 6.75. The molecule has 2 amide bonds. The molecular formula is C18H27N3O4. The van der Waals surface area contributed by atoms with E-state index in [1.54, 1.807) is 24.1 Å². The molecule has 3 atom stereocenters. The summed E-state index contributed by atoms with van der Waals surface area (Å²) in [6, 6.07) is 5.84. The summed E-state index contributed by atoms with van der Waals surface area (Å²) in [6.45, 7) is 2.44. The molecule has 0 radical (unpaired) electrons. The minimum atomic E-state index is -0.436. The quantitative estimate of drug-likeness (QED) is 0.609. The molecule has 1 aromatic carbocycles. The zero-order valence-corrected chi connectivity index (χ0v) is 14.9. The second kappa shape index (κ2) is 8.80. The number of nitrogens with zero attached hydrogens (tertiary/aromatic N) is 2. The van der Waals surface area contributed by atoms with Gasteiger partial charge in [-0.3, -0.25) is 10.1 Å². The van der Waals surface area contributed by atoms with Crippen molar-refractivity contribution < 1.29 is 14.8 Å². The molecule has 1 saturated carbocycles. The zero-order valence-electron chi connectivity index (χ0n) is 14.9. The third-order valence-electron chi connectivity index (χ3n) is 4.91. The fourth-order valence-corrected chi connectivity index (χ4v) is 3.37. The van der Waals surface area contributed by atoms with Crippen LogP contribution < -0.4 is 5.32 Å². The number of amides is 2. The molecule has 0 aromatic heterocycles. The molecule has 1 aromatic rings. The topological polar surface area (TPSA) is 95.7 Å². The number of rotatable bonds is 6. The Balaban J connectivity index is 1.99. The van der Waals surface area contributed by atoms with E-state index in [2.05, 4.69) is 5.32 Å². The lowest BCUT2D eigenvalue weighted by atomic mass is 9.86. The molecule has 0 bridgehead atoms. The molecule has 25 heavy (non-hydrogen) atoms. The average Bonchev–Trinajstić information content (AvgIpc) is 2.61. The first-order chi connectivity index (χ1) is 11.9. The first kappa shape index (κ1) is 19.2. The largest absolute Gasteiger partial charge is 0.393 e. The minimum Gasteiger partial charge on any atom is -0.393 e. The van der Waals surface area contributed by atoms with Gasteiger partial charge in [-0.15, -0.1) is 0 Å². The fraction of sp³-hybridized carbons (Fsp3) is 0.611. The minimum absolute atomic E-state index is 0.0175. The molecule has 138 valence electrons. The van der Waals surface area contributed by atoms with Gasteiger partial charge < -0.3 is 15.3 Å². The smallest absolute Gasteiger partial charge is 0.317 e. The van der Waals surface area contributed by atoms with E-state index >= 15 is 0 Å². The van der Waals surface area contributed by atoms with Crippen LogP contribution in [0, 0.1) is 16.0 Å². The van der Waals surface area contributed by atoms with Crippen LogP contribution >= 0.6 is 0 Å². The number of hydrogen-bond donors (Lipinski definition) is 2. The number of carbonyl (C=O) groups excluding carboxylic acids is 1. The van der Waals surface area contributed by atoms with Crippen LogP contribution in [0.25, 0.3) is 0 Å². The van der Waals surface area contributed by atoms with Crippen LogP contribution in [0.1, 0.15) is 50.6 Å². The van der Waals surface area contributed by atoms with Gasteiger partial charge >= 0.3 is 6.03 Å². The number of aliphatic hydroxyl groups excluding tert-OH is 1.